The summed E-state index contributed by atoms with van der Waals surface area (Å²) in [6.07, 6.45) is 3.21. The zero-order valence-corrected chi connectivity index (χ0v) is 11.8. The summed E-state index contributed by atoms with van der Waals surface area (Å²) in [5.74, 6) is -0.479. The van der Waals surface area contributed by atoms with Crippen molar-refractivity contribution in [3.05, 3.63) is 29.6 Å². The van der Waals surface area contributed by atoms with Gasteiger partial charge in [0, 0.05) is 18.7 Å². The topological polar surface area (TPSA) is 72.2 Å². The number of nitrogens with two attached hydrogens (primary N) is 1. The highest BCUT2D eigenvalue weighted by molar-refractivity contribution is 7.89. The molecule has 1 aliphatic rings. The maximum Gasteiger partial charge on any atom is 0.240 e. The summed E-state index contributed by atoms with van der Waals surface area (Å²) in [6, 6.07) is 3.70. The lowest BCUT2D eigenvalue weighted by atomic mass is 9.71. The molecule has 1 aromatic rings. The number of benzene rings is 1. The Balaban J connectivity index is 2.14. The average molecular weight is 286 g/mol. The molecule has 0 bridgehead atoms. The number of halogens is 1. The van der Waals surface area contributed by atoms with Gasteiger partial charge in [-0.2, -0.15) is 0 Å². The minimum atomic E-state index is -3.59. The van der Waals surface area contributed by atoms with Gasteiger partial charge in [0.2, 0.25) is 10.0 Å². The van der Waals surface area contributed by atoms with Crippen LogP contribution in [0.2, 0.25) is 0 Å². The maximum atomic E-state index is 13.3. The summed E-state index contributed by atoms with van der Waals surface area (Å²) < 4.78 is 40.1. The van der Waals surface area contributed by atoms with Crippen LogP contribution in [0.4, 0.5) is 4.39 Å². The third-order valence-electron chi connectivity index (χ3n) is 3.80. The largest absolute Gasteiger partial charge is 0.326 e. The van der Waals surface area contributed by atoms with E-state index in [1.165, 1.54) is 12.1 Å². The maximum absolute atomic E-state index is 13.3. The molecule has 106 valence electrons. The van der Waals surface area contributed by atoms with E-state index in [4.69, 9.17) is 5.73 Å². The van der Waals surface area contributed by atoms with Crippen molar-refractivity contribution in [2.75, 3.05) is 6.54 Å². The first-order chi connectivity index (χ1) is 8.86. The lowest BCUT2D eigenvalue weighted by Gasteiger charge is -2.38. The Morgan fingerprint density at radius 2 is 2.11 bits per heavy atom. The number of rotatable bonds is 5. The first-order valence-electron chi connectivity index (χ1n) is 6.34. The van der Waals surface area contributed by atoms with Crippen molar-refractivity contribution in [3.63, 3.8) is 0 Å². The van der Waals surface area contributed by atoms with Crippen molar-refractivity contribution in [3.8, 4) is 0 Å². The Labute approximate surface area is 113 Å². The van der Waals surface area contributed by atoms with Crippen molar-refractivity contribution in [1.29, 1.82) is 0 Å². The van der Waals surface area contributed by atoms with Crippen molar-refractivity contribution in [1.82, 2.24) is 4.72 Å². The second-order valence-corrected chi connectivity index (χ2v) is 7.21. The molecule has 0 amide bonds. The Bertz CT molecular complexity index is 568. The van der Waals surface area contributed by atoms with Gasteiger partial charge in [0.1, 0.15) is 5.82 Å². The van der Waals surface area contributed by atoms with Gasteiger partial charge in [-0.1, -0.05) is 13.3 Å². The highest BCUT2D eigenvalue weighted by Gasteiger charge is 2.33. The molecular weight excluding hydrogens is 267 g/mol. The zero-order valence-electron chi connectivity index (χ0n) is 10.9. The molecule has 0 unspecified atom stereocenters. The fourth-order valence-corrected chi connectivity index (χ4v) is 3.43. The molecule has 6 heteroatoms. The van der Waals surface area contributed by atoms with E-state index in [0.717, 1.165) is 25.3 Å². The van der Waals surface area contributed by atoms with Crippen LogP contribution >= 0.6 is 0 Å². The van der Waals surface area contributed by atoms with E-state index < -0.39 is 15.8 Å². The van der Waals surface area contributed by atoms with E-state index in [2.05, 4.69) is 11.6 Å². The van der Waals surface area contributed by atoms with E-state index in [-0.39, 0.29) is 22.4 Å². The lowest BCUT2D eigenvalue weighted by molar-refractivity contribution is 0.166. The molecule has 0 saturated heterocycles. The molecule has 0 aromatic heterocycles. The van der Waals surface area contributed by atoms with Gasteiger partial charge in [-0.25, -0.2) is 17.5 Å². The second kappa shape index (κ2) is 5.19. The molecule has 0 heterocycles. The quantitative estimate of drug-likeness (QED) is 0.866. The SMILES string of the molecule is CC1(CNS(=O)(=O)c2ccc(F)c(CN)c2)CCC1. The standard InChI is InChI=1S/C13H19FN2O2S/c1-13(5-2-6-13)9-16-19(17,18)11-3-4-12(14)10(7-11)8-15/h3-4,7,16H,2,5-6,8-9,15H2,1H3. The van der Waals surface area contributed by atoms with Crippen LogP contribution in [0.3, 0.4) is 0 Å². The van der Waals surface area contributed by atoms with E-state index in [1.807, 2.05) is 0 Å². The van der Waals surface area contributed by atoms with Crippen LogP contribution in [0.25, 0.3) is 0 Å². The van der Waals surface area contributed by atoms with Gasteiger partial charge in [0.15, 0.2) is 0 Å². The number of hydrogen-bond acceptors (Lipinski definition) is 3. The van der Waals surface area contributed by atoms with Gasteiger partial charge >= 0.3 is 0 Å². The molecule has 0 spiro atoms. The highest BCUT2D eigenvalue weighted by Crippen LogP contribution is 2.39. The molecular formula is C13H19FN2O2S. The summed E-state index contributed by atoms with van der Waals surface area (Å²) in [6.45, 7) is 2.46. The fourth-order valence-electron chi connectivity index (χ4n) is 2.18. The molecule has 2 rings (SSSR count). The monoisotopic (exact) mass is 286 g/mol. The van der Waals surface area contributed by atoms with Gasteiger partial charge in [-0.05, 0) is 36.5 Å². The van der Waals surface area contributed by atoms with Crippen molar-refractivity contribution >= 4 is 10.0 Å². The highest BCUT2D eigenvalue weighted by atomic mass is 32.2. The number of sulfonamides is 1. The fraction of sp³-hybridized carbons (Fsp3) is 0.538. The number of nitrogens with one attached hydrogen (secondary N) is 1. The Morgan fingerprint density at radius 1 is 1.42 bits per heavy atom. The van der Waals surface area contributed by atoms with Crippen LogP contribution < -0.4 is 10.5 Å². The summed E-state index contributed by atoms with van der Waals surface area (Å²) in [7, 11) is -3.59. The predicted molar refractivity (Wildman–Crippen MR) is 71.4 cm³/mol. The molecule has 0 atom stereocenters. The smallest absolute Gasteiger partial charge is 0.240 e. The van der Waals surface area contributed by atoms with Gasteiger partial charge in [0.25, 0.3) is 0 Å². The first-order valence-corrected chi connectivity index (χ1v) is 7.83. The van der Waals surface area contributed by atoms with Crippen molar-refractivity contribution in [2.45, 2.75) is 37.6 Å². The van der Waals surface area contributed by atoms with Crippen molar-refractivity contribution < 1.29 is 12.8 Å². The summed E-state index contributed by atoms with van der Waals surface area (Å²) in [5.41, 5.74) is 5.65. The zero-order chi connectivity index (χ0) is 14.1. The van der Waals surface area contributed by atoms with E-state index in [0.29, 0.717) is 6.54 Å². The summed E-state index contributed by atoms with van der Waals surface area (Å²) in [5, 5.41) is 0. The molecule has 3 N–H and O–H groups in total. The predicted octanol–water partition coefficient (Wildman–Crippen LogP) is 1.75. The van der Waals surface area contributed by atoms with Crippen LogP contribution in [0.1, 0.15) is 31.7 Å². The van der Waals surface area contributed by atoms with E-state index in [1.54, 1.807) is 0 Å². The summed E-state index contributed by atoms with van der Waals surface area (Å²) >= 11 is 0. The minimum Gasteiger partial charge on any atom is -0.326 e. The molecule has 1 fully saturated rings. The van der Waals surface area contributed by atoms with E-state index in [9.17, 15) is 12.8 Å². The third kappa shape index (κ3) is 3.13. The van der Waals surface area contributed by atoms with Gasteiger partial charge in [-0.3, -0.25) is 0 Å². The molecule has 0 aliphatic heterocycles. The van der Waals surface area contributed by atoms with Crippen LogP contribution in [0.5, 0.6) is 0 Å². The van der Waals surface area contributed by atoms with Crippen LogP contribution in [-0.2, 0) is 16.6 Å². The Hall–Kier alpha value is -0.980. The lowest BCUT2D eigenvalue weighted by Crippen LogP contribution is -2.39. The Morgan fingerprint density at radius 3 is 2.63 bits per heavy atom. The van der Waals surface area contributed by atoms with Gasteiger partial charge < -0.3 is 5.73 Å². The molecule has 4 nitrogen and oxygen atoms in total. The molecule has 0 radical (unpaired) electrons. The van der Waals surface area contributed by atoms with Gasteiger partial charge in [0.05, 0.1) is 4.90 Å². The molecule has 1 saturated carbocycles. The normalized spacial score (nSPS) is 18.1. The summed E-state index contributed by atoms with van der Waals surface area (Å²) in [4.78, 5) is 0.0669. The molecule has 1 aromatic carbocycles. The van der Waals surface area contributed by atoms with Crippen molar-refractivity contribution in [2.24, 2.45) is 11.1 Å². The number of hydrogen-bond donors (Lipinski definition) is 2. The van der Waals surface area contributed by atoms with Crippen LogP contribution in [0.15, 0.2) is 23.1 Å². The molecule has 19 heavy (non-hydrogen) atoms. The second-order valence-electron chi connectivity index (χ2n) is 5.45. The molecule has 1 aliphatic carbocycles. The van der Waals surface area contributed by atoms with Gasteiger partial charge in [-0.15, -0.1) is 0 Å². The first kappa shape index (κ1) is 14.4. The average Bonchev–Trinajstić information content (AvgIpc) is 2.34. The van der Waals surface area contributed by atoms with Crippen LogP contribution in [0, 0.1) is 11.2 Å². The third-order valence-corrected chi connectivity index (χ3v) is 5.20. The van der Waals surface area contributed by atoms with Crippen LogP contribution in [-0.4, -0.2) is 15.0 Å². The Kier molecular flexibility index (Phi) is 3.94. The minimum absolute atomic E-state index is 0.0209. The van der Waals surface area contributed by atoms with E-state index >= 15 is 0 Å².